The second kappa shape index (κ2) is 5.51. The van der Waals surface area contributed by atoms with Gasteiger partial charge in [0.1, 0.15) is 11.7 Å². The highest BCUT2D eigenvalue weighted by molar-refractivity contribution is 9.09. The zero-order chi connectivity index (χ0) is 14.3. The van der Waals surface area contributed by atoms with Crippen molar-refractivity contribution in [3.05, 3.63) is 68.7 Å². The van der Waals surface area contributed by atoms with Gasteiger partial charge in [0.15, 0.2) is 0 Å². The van der Waals surface area contributed by atoms with Crippen LogP contribution in [0.1, 0.15) is 17.2 Å². The van der Waals surface area contributed by atoms with Crippen LogP contribution in [0.3, 0.4) is 0 Å². The van der Waals surface area contributed by atoms with Crippen LogP contribution in [0.25, 0.3) is 0 Å². The summed E-state index contributed by atoms with van der Waals surface area (Å²) in [5, 5.41) is 2.64. The molecule has 0 amide bonds. The standard InChI is InChI=1S/C15H10BrCl3O/c16-8-15(9-1-3-10(17)4-2-9)14(20-15)12-6-5-11(18)7-13(12)19/h1-7,14H,8H2. The number of hydrogen-bond acceptors (Lipinski definition) is 1. The monoisotopic (exact) mass is 390 g/mol. The van der Waals surface area contributed by atoms with E-state index in [1.165, 1.54) is 0 Å². The van der Waals surface area contributed by atoms with E-state index < -0.39 is 0 Å². The maximum absolute atomic E-state index is 6.26. The minimum absolute atomic E-state index is 0.0761. The molecule has 2 atom stereocenters. The van der Waals surface area contributed by atoms with Gasteiger partial charge in [0, 0.05) is 26.0 Å². The van der Waals surface area contributed by atoms with E-state index in [-0.39, 0.29) is 11.7 Å². The van der Waals surface area contributed by atoms with E-state index in [2.05, 4.69) is 15.9 Å². The van der Waals surface area contributed by atoms with E-state index in [1.54, 1.807) is 6.07 Å². The summed E-state index contributed by atoms with van der Waals surface area (Å²) in [6.45, 7) is 0. The second-order valence-electron chi connectivity index (χ2n) is 4.69. The second-order valence-corrected chi connectivity index (χ2v) is 6.53. The molecule has 1 fully saturated rings. The Morgan fingerprint density at radius 3 is 2.25 bits per heavy atom. The van der Waals surface area contributed by atoms with Crippen molar-refractivity contribution in [1.82, 2.24) is 0 Å². The Morgan fingerprint density at radius 1 is 1.00 bits per heavy atom. The highest BCUT2D eigenvalue weighted by Gasteiger charge is 2.58. The summed E-state index contributed by atoms with van der Waals surface area (Å²) < 4.78 is 5.97. The predicted molar refractivity (Wildman–Crippen MR) is 87.2 cm³/mol. The first-order valence-corrected chi connectivity index (χ1v) is 8.27. The summed E-state index contributed by atoms with van der Waals surface area (Å²) >= 11 is 21.7. The Balaban J connectivity index is 1.96. The van der Waals surface area contributed by atoms with Crippen molar-refractivity contribution >= 4 is 50.7 Å². The van der Waals surface area contributed by atoms with E-state index in [4.69, 9.17) is 39.5 Å². The molecule has 1 nitrogen and oxygen atoms in total. The molecule has 0 bridgehead atoms. The Bertz CT molecular complexity index is 644. The lowest BCUT2D eigenvalue weighted by Crippen LogP contribution is -2.11. The Labute approximate surface area is 140 Å². The largest absolute Gasteiger partial charge is 0.355 e. The first kappa shape index (κ1) is 14.7. The number of hydrogen-bond donors (Lipinski definition) is 0. The van der Waals surface area contributed by atoms with Crippen LogP contribution in [-0.2, 0) is 10.3 Å². The predicted octanol–water partition coefficient (Wildman–Crippen LogP) is 6.01. The minimum atomic E-state index is -0.387. The van der Waals surface area contributed by atoms with Crippen LogP contribution in [0.15, 0.2) is 42.5 Å². The molecule has 2 aromatic carbocycles. The fourth-order valence-electron chi connectivity index (χ4n) is 2.34. The van der Waals surface area contributed by atoms with E-state index in [1.807, 2.05) is 36.4 Å². The summed E-state index contributed by atoms with van der Waals surface area (Å²) in [6, 6.07) is 13.2. The van der Waals surface area contributed by atoms with Gasteiger partial charge in [-0.05, 0) is 29.8 Å². The summed E-state index contributed by atoms with van der Waals surface area (Å²) in [6.07, 6.45) is -0.0761. The normalized spacial score (nSPS) is 24.7. The van der Waals surface area contributed by atoms with Crippen molar-refractivity contribution in [3.63, 3.8) is 0 Å². The van der Waals surface area contributed by atoms with Crippen LogP contribution in [-0.4, -0.2) is 5.33 Å². The highest BCUT2D eigenvalue weighted by Crippen LogP contribution is 2.59. The van der Waals surface area contributed by atoms with Gasteiger partial charge in [-0.2, -0.15) is 0 Å². The molecule has 1 heterocycles. The lowest BCUT2D eigenvalue weighted by molar-refractivity contribution is 0.318. The molecule has 5 heteroatoms. The van der Waals surface area contributed by atoms with Gasteiger partial charge in [0.05, 0.1) is 0 Å². The number of rotatable bonds is 3. The van der Waals surface area contributed by atoms with Crippen molar-refractivity contribution < 1.29 is 4.74 Å². The molecule has 1 aliphatic rings. The lowest BCUT2D eigenvalue weighted by atomic mass is 9.93. The molecule has 1 saturated heterocycles. The number of ether oxygens (including phenoxy) is 1. The highest BCUT2D eigenvalue weighted by atomic mass is 79.9. The lowest BCUT2D eigenvalue weighted by Gasteiger charge is -2.11. The van der Waals surface area contributed by atoms with Crippen molar-refractivity contribution in [1.29, 1.82) is 0 Å². The molecular formula is C15H10BrCl3O. The molecule has 0 radical (unpaired) electrons. The van der Waals surface area contributed by atoms with Gasteiger partial charge in [-0.1, -0.05) is 68.9 Å². The van der Waals surface area contributed by atoms with Crippen LogP contribution in [0.2, 0.25) is 15.1 Å². The maximum Gasteiger partial charge on any atom is 0.134 e. The van der Waals surface area contributed by atoms with Gasteiger partial charge in [0.2, 0.25) is 0 Å². The van der Waals surface area contributed by atoms with E-state index >= 15 is 0 Å². The third kappa shape index (κ3) is 2.49. The Hall–Kier alpha value is -0.250. The molecule has 2 unspecified atom stereocenters. The first-order chi connectivity index (χ1) is 9.56. The van der Waals surface area contributed by atoms with E-state index in [0.29, 0.717) is 20.4 Å². The van der Waals surface area contributed by atoms with Crippen LogP contribution in [0.4, 0.5) is 0 Å². The molecular weight excluding hydrogens is 382 g/mol. The maximum atomic E-state index is 6.26. The molecule has 1 aliphatic heterocycles. The minimum Gasteiger partial charge on any atom is -0.355 e. The van der Waals surface area contributed by atoms with Crippen molar-refractivity contribution in [2.24, 2.45) is 0 Å². The zero-order valence-electron chi connectivity index (χ0n) is 10.2. The van der Waals surface area contributed by atoms with Crippen molar-refractivity contribution in [2.45, 2.75) is 11.7 Å². The zero-order valence-corrected chi connectivity index (χ0v) is 14.1. The first-order valence-electron chi connectivity index (χ1n) is 6.01. The van der Waals surface area contributed by atoms with E-state index in [9.17, 15) is 0 Å². The fraction of sp³-hybridized carbons (Fsp3) is 0.200. The van der Waals surface area contributed by atoms with Crippen LogP contribution < -0.4 is 0 Å². The molecule has 104 valence electrons. The van der Waals surface area contributed by atoms with E-state index in [0.717, 1.165) is 11.1 Å². The third-order valence-corrected chi connectivity index (χ3v) is 5.12. The molecule has 0 aromatic heterocycles. The number of halogens is 4. The van der Waals surface area contributed by atoms with Gasteiger partial charge in [-0.15, -0.1) is 0 Å². The summed E-state index contributed by atoms with van der Waals surface area (Å²) in [4.78, 5) is 0. The molecule has 2 aromatic rings. The molecule has 0 saturated carbocycles. The smallest absolute Gasteiger partial charge is 0.134 e. The number of epoxide rings is 1. The van der Waals surface area contributed by atoms with Crippen LogP contribution in [0, 0.1) is 0 Å². The van der Waals surface area contributed by atoms with Gasteiger partial charge >= 0.3 is 0 Å². The Morgan fingerprint density at radius 2 is 1.65 bits per heavy atom. The fourth-order valence-corrected chi connectivity index (χ4v) is 3.72. The van der Waals surface area contributed by atoms with Gasteiger partial charge < -0.3 is 4.74 Å². The number of benzene rings is 2. The average Bonchev–Trinajstić information content (AvgIpc) is 3.15. The van der Waals surface area contributed by atoms with Gasteiger partial charge in [0.25, 0.3) is 0 Å². The van der Waals surface area contributed by atoms with Crippen molar-refractivity contribution in [3.8, 4) is 0 Å². The third-order valence-electron chi connectivity index (χ3n) is 3.47. The number of alkyl halides is 1. The van der Waals surface area contributed by atoms with Crippen LogP contribution in [0.5, 0.6) is 0 Å². The molecule has 20 heavy (non-hydrogen) atoms. The average molecular weight is 393 g/mol. The van der Waals surface area contributed by atoms with Gasteiger partial charge in [-0.25, -0.2) is 0 Å². The van der Waals surface area contributed by atoms with Crippen molar-refractivity contribution in [2.75, 3.05) is 5.33 Å². The van der Waals surface area contributed by atoms with Crippen LogP contribution >= 0.6 is 50.7 Å². The molecule has 0 N–H and O–H groups in total. The summed E-state index contributed by atoms with van der Waals surface area (Å²) in [5.74, 6) is 0. The topological polar surface area (TPSA) is 12.5 Å². The Kier molecular flexibility index (Phi) is 4.04. The van der Waals surface area contributed by atoms with Gasteiger partial charge in [-0.3, -0.25) is 0 Å². The molecule has 0 spiro atoms. The quantitative estimate of drug-likeness (QED) is 0.460. The SMILES string of the molecule is Clc1ccc(C2(CBr)OC2c2ccc(Cl)cc2Cl)cc1. The summed E-state index contributed by atoms with van der Waals surface area (Å²) in [7, 11) is 0. The molecule has 3 rings (SSSR count). The summed E-state index contributed by atoms with van der Waals surface area (Å²) in [5.41, 5.74) is 1.64. The molecule has 0 aliphatic carbocycles.